The number of carboxylic acids is 1. The second-order valence-electron chi connectivity index (χ2n) is 6.18. The standard InChI is InChI=1S/C18H20N2O3/c1-12-7-8-15(18(22)23)11-20(12)16(21)10-14-5-2-4-13-6-3-9-19-17(13)14/h2-6,9,12,15H,7-8,10-11H2,1H3,(H,22,23). The number of nitrogens with zero attached hydrogens (tertiary/aromatic N) is 2. The second kappa shape index (κ2) is 6.36. The Morgan fingerprint density at radius 3 is 2.83 bits per heavy atom. The predicted octanol–water partition coefficient (Wildman–Crippen LogP) is 2.49. The molecule has 0 spiro atoms. The average Bonchev–Trinajstić information content (AvgIpc) is 2.55. The van der Waals surface area contributed by atoms with Crippen LogP contribution < -0.4 is 0 Å². The molecule has 2 unspecified atom stereocenters. The van der Waals surface area contributed by atoms with E-state index in [-0.39, 0.29) is 18.4 Å². The third kappa shape index (κ3) is 3.18. The van der Waals surface area contributed by atoms with Gasteiger partial charge in [0.1, 0.15) is 0 Å². The summed E-state index contributed by atoms with van der Waals surface area (Å²) in [5, 5.41) is 10.2. The summed E-state index contributed by atoms with van der Waals surface area (Å²) in [7, 11) is 0. The van der Waals surface area contributed by atoms with E-state index in [2.05, 4.69) is 4.98 Å². The highest BCUT2D eigenvalue weighted by atomic mass is 16.4. The van der Waals surface area contributed by atoms with Gasteiger partial charge in [-0.1, -0.05) is 24.3 Å². The molecule has 1 aliphatic rings. The topological polar surface area (TPSA) is 70.5 Å². The van der Waals surface area contributed by atoms with E-state index in [4.69, 9.17) is 0 Å². The Morgan fingerprint density at radius 2 is 2.04 bits per heavy atom. The lowest BCUT2D eigenvalue weighted by molar-refractivity contribution is -0.146. The highest BCUT2D eigenvalue weighted by Crippen LogP contribution is 2.24. The molecule has 1 aromatic heterocycles. The van der Waals surface area contributed by atoms with Crippen molar-refractivity contribution in [1.82, 2.24) is 9.88 Å². The molecular formula is C18H20N2O3. The first-order chi connectivity index (χ1) is 11.1. The molecule has 0 aliphatic carbocycles. The molecule has 2 atom stereocenters. The van der Waals surface area contributed by atoms with E-state index in [1.54, 1.807) is 11.1 Å². The molecule has 0 bridgehead atoms. The number of para-hydroxylation sites is 1. The van der Waals surface area contributed by atoms with Crippen LogP contribution in [0.4, 0.5) is 0 Å². The molecule has 0 radical (unpaired) electrons. The summed E-state index contributed by atoms with van der Waals surface area (Å²) in [6.45, 7) is 2.28. The Kier molecular flexibility index (Phi) is 4.28. The maximum atomic E-state index is 12.7. The Bertz CT molecular complexity index is 739. The SMILES string of the molecule is CC1CCC(C(=O)O)CN1C(=O)Cc1cccc2cccnc12. The number of rotatable bonds is 3. The van der Waals surface area contributed by atoms with Gasteiger partial charge in [-0.2, -0.15) is 0 Å². The largest absolute Gasteiger partial charge is 0.481 e. The lowest BCUT2D eigenvalue weighted by atomic mass is 9.93. The van der Waals surface area contributed by atoms with Gasteiger partial charge in [0, 0.05) is 24.2 Å². The van der Waals surface area contributed by atoms with Crippen LogP contribution >= 0.6 is 0 Å². The van der Waals surface area contributed by atoms with Gasteiger partial charge < -0.3 is 10.0 Å². The molecule has 23 heavy (non-hydrogen) atoms. The van der Waals surface area contributed by atoms with E-state index in [9.17, 15) is 14.7 Å². The molecular weight excluding hydrogens is 292 g/mol. The highest BCUT2D eigenvalue weighted by Gasteiger charge is 2.32. The molecule has 120 valence electrons. The summed E-state index contributed by atoms with van der Waals surface area (Å²) in [6.07, 6.45) is 3.35. The lowest BCUT2D eigenvalue weighted by Gasteiger charge is -2.36. The zero-order chi connectivity index (χ0) is 16.4. The lowest BCUT2D eigenvalue weighted by Crippen LogP contribution is -2.47. The number of amides is 1. The van der Waals surface area contributed by atoms with Gasteiger partial charge in [-0.3, -0.25) is 14.6 Å². The Labute approximate surface area is 134 Å². The number of fused-ring (bicyclic) bond motifs is 1. The van der Waals surface area contributed by atoms with Gasteiger partial charge in [0.25, 0.3) is 0 Å². The van der Waals surface area contributed by atoms with E-state index in [0.29, 0.717) is 13.0 Å². The summed E-state index contributed by atoms with van der Waals surface area (Å²) in [6, 6.07) is 9.74. The number of benzene rings is 1. The van der Waals surface area contributed by atoms with Crippen molar-refractivity contribution in [2.24, 2.45) is 5.92 Å². The van der Waals surface area contributed by atoms with Gasteiger partial charge in [0.15, 0.2) is 0 Å². The summed E-state index contributed by atoms with van der Waals surface area (Å²) in [5.41, 5.74) is 1.72. The average molecular weight is 312 g/mol. The van der Waals surface area contributed by atoms with Crippen molar-refractivity contribution in [2.45, 2.75) is 32.2 Å². The van der Waals surface area contributed by atoms with Gasteiger partial charge in [0.2, 0.25) is 5.91 Å². The van der Waals surface area contributed by atoms with E-state index >= 15 is 0 Å². The number of likely N-dealkylation sites (tertiary alicyclic amines) is 1. The van der Waals surface area contributed by atoms with Gasteiger partial charge in [-0.15, -0.1) is 0 Å². The van der Waals surface area contributed by atoms with Crippen molar-refractivity contribution in [3.05, 3.63) is 42.1 Å². The van der Waals surface area contributed by atoms with Gasteiger partial charge in [0.05, 0.1) is 17.9 Å². The third-order valence-electron chi connectivity index (χ3n) is 4.61. The van der Waals surface area contributed by atoms with Crippen molar-refractivity contribution in [3.8, 4) is 0 Å². The molecule has 5 nitrogen and oxygen atoms in total. The van der Waals surface area contributed by atoms with E-state index < -0.39 is 11.9 Å². The monoisotopic (exact) mass is 312 g/mol. The van der Waals surface area contributed by atoms with Crippen LogP contribution in [0.1, 0.15) is 25.3 Å². The molecule has 2 heterocycles. The molecule has 5 heteroatoms. The normalized spacial score (nSPS) is 21.3. The summed E-state index contributed by atoms with van der Waals surface area (Å²) >= 11 is 0. The number of carbonyl (C=O) groups is 2. The minimum atomic E-state index is -0.818. The van der Waals surface area contributed by atoms with Crippen LogP contribution in [0.3, 0.4) is 0 Å². The van der Waals surface area contributed by atoms with Crippen molar-refractivity contribution >= 4 is 22.8 Å². The number of aromatic nitrogens is 1. The smallest absolute Gasteiger partial charge is 0.308 e. The number of pyridine rings is 1. The molecule has 1 N–H and O–H groups in total. The van der Waals surface area contributed by atoms with Crippen molar-refractivity contribution in [2.75, 3.05) is 6.54 Å². The zero-order valence-electron chi connectivity index (χ0n) is 13.1. The predicted molar refractivity (Wildman–Crippen MR) is 87.0 cm³/mol. The molecule has 2 aromatic rings. The first-order valence-corrected chi connectivity index (χ1v) is 7.91. The van der Waals surface area contributed by atoms with Crippen molar-refractivity contribution < 1.29 is 14.7 Å². The number of carbonyl (C=O) groups excluding carboxylic acids is 1. The fourth-order valence-electron chi connectivity index (χ4n) is 3.23. The first-order valence-electron chi connectivity index (χ1n) is 7.91. The second-order valence-corrected chi connectivity index (χ2v) is 6.18. The number of hydrogen-bond donors (Lipinski definition) is 1. The minimum absolute atomic E-state index is 0.0263. The molecule has 1 saturated heterocycles. The molecule has 1 amide bonds. The van der Waals surface area contributed by atoms with Crippen LogP contribution in [-0.2, 0) is 16.0 Å². The Morgan fingerprint density at radius 1 is 1.26 bits per heavy atom. The minimum Gasteiger partial charge on any atom is -0.481 e. The first kappa shape index (κ1) is 15.5. The third-order valence-corrected chi connectivity index (χ3v) is 4.61. The van der Waals surface area contributed by atoms with Crippen LogP contribution in [0, 0.1) is 5.92 Å². The van der Waals surface area contributed by atoms with E-state index in [1.807, 2.05) is 37.3 Å². The van der Waals surface area contributed by atoms with Crippen LogP contribution in [0.5, 0.6) is 0 Å². The van der Waals surface area contributed by atoms with Gasteiger partial charge in [-0.05, 0) is 31.4 Å². The van der Waals surface area contributed by atoms with E-state index in [0.717, 1.165) is 22.9 Å². The fraction of sp³-hybridized carbons (Fsp3) is 0.389. The fourth-order valence-corrected chi connectivity index (χ4v) is 3.23. The van der Waals surface area contributed by atoms with Gasteiger partial charge in [-0.25, -0.2) is 0 Å². The molecule has 3 rings (SSSR count). The maximum absolute atomic E-state index is 12.7. The quantitative estimate of drug-likeness (QED) is 0.945. The number of aliphatic carboxylic acids is 1. The summed E-state index contributed by atoms with van der Waals surface area (Å²) in [4.78, 5) is 30.0. The van der Waals surface area contributed by atoms with Crippen LogP contribution in [-0.4, -0.2) is 39.5 Å². The highest BCUT2D eigenvalue weighted by molar-refractivity contribution is 5.88. The van der Waals surface area contributed by atoms with Gasteiger partial charge >= 0.3 is 5.97 Å². The van der Waals surface area contributed by atoms with Crippen LogP contribution in [0.25, 0.3) is 10.9 Å². The Balaban J connectivity index is 1.81. The Hall–Kier alpha value is -2.43. The summed E-state index contributed by atoms with van der Waals surface area (Å²) < 4.78 is 0. The van der Waals surface area contributed by atoms with Crippen molar-refractivity contribution in [1.29, 1.82) is 0 Å². The number of piperidine rings is 1. The molecule has 1 aromatic carbocycles. The van der Waals surface area contributed by atoms with Crippen LogP contribution in [0.15, 0.2) is 36.5 Å². The van der Waals surface area contributed by atoms with Crippen molar-refractivity contribution in [3.63, 3.8) is 0 Å². The summed E-state index contributed by atoms with van der Waals surface area (Å²) in [5.74, 6) is -1.30. The van der Waals surface area contributed by atoms with Crippen LogP contribution in [0.2, 0.25) is 0 Å². The molecule has 1 aliphatic heterocycles. The maximum Gasteiger partial charge on any atom is 0.308 e. The zero-order valence-corrected chi connectivity index (χ0v) is 13.1. The molecule has 1 fully saturated rings. The number of carboxylic acid groups (broad SMARTS) is 1. The number of hydrogen-bond acceptors (Lipinski definition) is 3. The van der Waals surface area contributed by atoms with E-state index in [1.165, 1.54) is 0 Å². The molecule has 0 saturated carbocycles.